The van der Waals surface area contributed by atoms with Crippen molar-refractivity contribution in [3.63, 3.8) is 0 Å². The highest BCUT2D eigenvalue weighted by Gasteiger charge is 2.21. The van der Waals surface area contributed by atoms with Crippen molar-refractivity contribution in [1.29, 1.82) is 0 Å². The second-order valence-electron chi connectivity index (χ2n) is 6.37. The minimum absolute atomic E-state index is 0.0694. The molecule has 0 bridgehead atoms. The van der Waals surface area contributed by atoms with Crippen LogP contribution in [0.5, 0.6) is 0 Å². The van der Waals surface area contributed by atoms with Crippen molar-refractivity contribution in [1.82, 2.24) is 10.2 Å². The quantitative estimate of drug-likeness (QED) is 0.618. The standard InChI is InChI=1S/C18H28BrN3O2/c1-2-22(15-6-4-3-5-7-15)12-14-10-13(11-16(19)17(14)20)18(24)21-8-9-23/h10-11,15,23H,2-9,12,20H2,1H3,(H,21,24). The molecular weight excluding hydrogens is 370 g/mol. The van der Waals surface area contributed by atoms with Crippen LogP contribution in [0.25, 0.3) is 0 Å². The average molecular weight is 398 g/mol. The first-order chi connectivity index (χ1) is 11.6. The van der Waals surface area contributed by atoms with Gasteiger partial charge in [-0.3, -0.25) is 9.69 Å². The number of nitrogen functional groups attached to an aromatic ring is 1. The molecule has 24 heavy (non-hydrogen) atoms. The predicted molar refractivity (Wildman–Crippen MR) is 101 cm³/mol. The van der Waals surface area contributed by atoms with Crippen LogP contribution in [0, 0.1) is 0 Å². The number of hydrogen-bond acceptors (Lipinski definition) is 4. The van der Waals surface area contributed by atoms with Gasteiger partial charge in [-0.15, -0.1) is 0 Å². The summed E-state index contributed by atoms with van der Waals surface area (Å²) >= 11 is 3.47. The van der Waals surface area contributed by atoms with E-state index < -0.39 is 0 Å². The molecule has 1 aliphatic carbocycles. The first-order valence-corrected chi connectivity index (χ1v) is 9.57. The summed E-state index contributed by atoms with van der Waals surface area (Å²) in [6.45, 7) is 4.09. The smallest absolute Gasteiger partial charge is 0.251 e. The summed E-state index contributed by atoms with van der Waals surface area (Å²) in [4.78, 5) is 14.6. The van der Waals surface area contributed by atoms with Gasteiger partial charge in [-0.2, -0.15) is 0 Å². The Labute approximate surface area is 152 Å². The van der Waals surface area contributed by atoms with Crippen LogP contribution in [-0.4, -0.2) is 41.7 Å². The van der Waals surface area contributed by atoms with Crippen LogP contribution in [0.4, 0.5) is 5.69 Å². The lowest BCUT2D eigenvalue weighted by Crippen LogP contribution is -2.36. The third-order valence-electron chi connectivity index (χ3n) is 4.75. The molecule has 0 aromatic heterocycles. The van der Waals surface area contributed by atoms with Gasteiger partial charge in [0, 0.05) is 29.2 Å². The van der Waals surface area contributed by atoms with Gasteiger partial charge in [0.25, 0.3) is 5.91 Å². The Morgan fingerprint density at radius 2 is 2.08 bits per heavy atom. The zero-order valence-corrected chi connectivity index (χ0v) is 15.9. The number of benzene rings is 1. The molecule has 0 atom stereocenters. The van der Waals surface area contributed by atoms with E-state index in [2.05, 4.69) is 33.1 Å². The number of nitrogens with zero attached hydrogens (tertiary/aromatic N) is 1. The first kappa shape index (κ1) is 19.2. The summed E-state index contributed by atoms with van der Waals surface area (Å²) in [5.74, 6) is -0.188. The van der Waals surface area contributed by atoms with E-state index in [-0.39, 0.29) is 19.1 Å². The third kappa shape index (κ3) is 4.94. The molecule has 1 fully saturated rings. The summed E-state index contributed by atoms with van der Waals surface area (Å²) < 4.78 is 0.744. The van der Waals surface area contributed by atoms with Crippen LogP contribution in [0.3, 0.4) is 0 Å². The number of aliphatic hydroxyl groups is 1. The molecule has 0 spiro atoms. The van der Waals surface area contributed by atoms with Crippen LogP contribution >= 0.6 is 15.9 Å². The maximum Gasteiger partial charge on any atom is 0.251 e. The minimum Gasteiger partial charge on any atom is -0.398 e. The molecule has 0 aliphatic heterocycles. The van der Waals surface area contributed by atoms with E-state index in [1.165, 1.54) is 32.1 Å². The molecule has 134 valence electrons. The molecular formula is C18H28BrN3O2. The van der Waals surface area contributed by atoms with Crippen molar-refractivity contribution in [3.05, 3.63) is 27.7 Å². The highest BCUT2D eigenvalue weighted by atomic mass is 79.9. The van der Waals surface area contributed by atoms with Crippen LogP contribution in [-0.2, 0) is 6.54 Å². The SMILES string of the molecule is CCN(Cc1cc(C(=O)NCCO)cc(Br)c1N)C1CCCCC1. The lowest BCUT2D eigenvalue weighted by atomic mass is 9.93. The lowest BCUT2D eigenvalue weighted by molar-refractivity contribution is 0.0944. The Hall–Kier alpha value is -1.11. The van der Waals surface area contributed by atoms with Crippen LogP contribution in [0.1, 0.15) is 54.9 Å². The number of nitrogens with one attached hydrogen (secondary N) is 1. The number of aliphatic hydroxyl groups excluding tert-OH is 1. The fourth-order valence-electron chi connectivity index (χ4n) is 3.37. The van der Waals surface area contributed by atoms with E-state index >= 15 is 0 Å². The lowest BCUT2D eigenvalue weighted by Gasteiger charge is -2.34. The highest BCUT2D eigenvalue weighted by Crippen LogP contribution is 2.29. The number of halogens is 1. The zero-order valence-electron chi connectivity index (χ0n) is 14.4. The third-order valence-corrected chi connectivity index (χ3v) is 5.40. The number of nitrogens with two attached hydrogens (primary N) is 1. The number of amides is 1. The maximum absolute atomic E-state index is 12.2. The molecule has 0 saturated heterocycles. The number of hydrogen-bond donors (Lipinski definition) is 3. The van der Waals surface area contributed by atoms with Gasteiger partial charge in [0.2, 0.25) is 0 Å². The molecule has 1 aromatic carbocycles. The van der Waals surface area contributed by atoms with Crippen molar-refractivity contribution in [2.24, 2.45) is 0 Å². The average Bonchev–Trinajstić information content (AvgIpc) is 2.61. The molecule has 1 amide bonds. The second-order valence-corrected chi connectivity index (χ2v) is 7.22. The van der Waals surface area contributed by atoms with Gasteiger partial charge >= 0.3 is 0 Å². The van der Waals surface area contributed by atoms with Gasteiger partial charge in [0.15, 0.2) is 0 Å². The summed E-state index contributed by atoms with van der Waals surface area (Å²) in [7, 11) is 0. The number of anilines is 1. The van der Waals surface area contributed by atoms with Crippen molar-refractivity contribution in [2.45, 2.75) is 51.6 Å². The largest absolute Gasteiger partial charge is 0.398 e. The van der Waals surface area contributed by atoms with E-state index in [0.29, 0.717) is 17.3 Å². The van der Waals surface area contributed by atoms with Crippen LogP contribution in [0.2, 0.25) is 0 Å². The van der Waals surface area contributed by atoms with Crippen molar-refractivity contribution in [2.75, 3.05) is 25.4 Å². The van der Waals surface area contributed by atoms with Crippen LogP contribution in [0.15, 0.2) is 16.6 Å². The number of rotatable bonds is 7. The molecule has 1 aliphatic rings. The maximum atomic E-state index is 12.2. The predicted octanol–water partition coefficient (Wildman–Crippen LogP) is 2.91. The summed E-state index contributed by atoms with van der Waals surface area (Å²) in [6.07, 6.45) is 6.41. The van der Waals surface area contributed by atoms with Gasteiger partial charge in [0.1, 0.15) is 0 Å². The fraction of sp³-hybridized carbons (Fsp3) is 0.611. The Balaban J connectivity index is 2.18. The molecule has 0 unspecified atom stereocenters. The van der Waals surface area contributed by atoms with Gasteiger partial charge in [0.05, 0.1) is 12.3 Å². The zero-order chi connectivity index (χ0) is 17.5. The molecule has 0 radical (unpaired) electrons. The molecule has 4 N–H and O–H groups in total. The van der Waals surface area contributed by atoms with Gasteiger partial charge in [-0.05, 0) is 53.0 Å². The Morgan fingerprint density at radius 3 is 2.71 bits per heavy atom. The van der Waals surface area contributed by atoms with E-state index in [1.54, 1.807) is 6.07 Å². The van der Waals surface area contributed by atoms with Gasteiger partial charge in [-0.25, -0.2) is 0 Å². The van der Waals surface area contributed by atoms with Crippen LogP contribution < -0.4 is 11.1 Å². The van der Waals surface area contributed by atoms with Gasteiger partial charge in [-0.1, -0.05) is 26.2 Å². The van der Waals surface area contributed by atoms with Gasteiger partial charge < -0.3 is 16.2 Å². The van der Waals surface area contributed by atoms with Crippen molar-refractivity contribution < 1.29 is 9.90 Å². The van der Waals surface area contributed by atoms with E-state index in [9.17, 15) is 4.79 Å². The summed E-state index contributed by atoms with van der Waals surface area (Å²) in [5.41, 5.74) is 8.48. The number of carbonyl (C=O) groups is 1. The Kier molecular flexibility index (Phi) is 7.52. The minimum atomic E-state index is -0.188. The monoisotopic (exact) mass is 397 g/mol. The Bertz CT molecular complexity index is 559. The van der Waals surface area contributed by atoms with E-state index in [0.717, 1.165) is 23.1 Å². The Morgan fingerprint density at radius 1 is 1.38 bits per heavy atom. The topological polar surface area (TPSA) is 78.6 Å². The summed E-state index contributed by atoms with van der Waals surface area (Å²) in [6, 6.07) is 4.22. The normalized spacial score (nSPS) is 15.7. The second kappa shape index (κ2) is 9.39. The molecule has 1 aromatic rings. The molecule has 1 saturated carbocycles. The highest BCUT2D eigenvalue weighted by molar-refractivity contribution is 9.10. The molecule has 2 rings (SSSR count). The molecule has 5 nitrogen and oxygen atoms in total. The van der Waals surface area contributed by atoms with E-state index in [4.69, 9.17) is 10.8 Å². The van der Waals surface area contributed by atoms with Crippen molar-refractivity contribution >= 4 is 27.5 Å². The fourth-order valence-corrected chi connectivity index (χ4v) is 3.87. The molecule has 6 heteroatoms. The summed E-state index contributed by atoms with van der Waals surface area (Å²) in [5, 5.41) is 11.5. The van der Waals surface area contributed by atoms with E-state index in [1.807, 2.05) is 6.07 Å². The first-order valence-electron chi connectivity index (χ1n) is 8.77. The molecule has 0 heterocycles. The van der Waals surface area contributed by atoms with Crippen molar-refractivity contribution in [3.8, 4) is 0 Å². The number of carbonyl (C=O) groups excluding carboxylic acids is 1.